The first-order chi connectivity index (χ1) is 12.2. The summed E-state index contributed by atoms with van der Waals surface area (Å²) in [6.07, 6.45) is 2.92. The third-order valence-corrected chi connectivity index (χ3v) is 4.76. The van der Waals surface area contributed by atoms with E-state index in [2.05, 4.69) is 39.9 Å². The fourth-order valence-electron chi connectivity index (χ4n) is 3.33. The van der Waals surface area contributed by atoms with Gasteiger partial charge in [0.05, 0.1) is 17.3 Å². The number of benzene rings is 1. The lowest BCUT2D eigenvalue weighted by Gasteiger charge is -2.26. The molecule has 1 fully saturated rings. The summed E-state index contributed by atoms with van der Waals surface area (Å²) in [6, 6.07) is 10.2. The van der Waals surface area contributed by atoms with E-state index in [-0.39, 0.29) is 6.04 Å². The van der Waals surface area contributed by atoms with E-state index < -0.39 is 0 Å². The van der Waals surface area contributed by atoms with Gasteiger partial charge in [-0.1, -0.05) is 24.2 Å². The summed E-state index contributed by atoms with van der Waals surface area (Å²) in [6.45, 7) is 7.97. The lowest BCUT2D eigenvalue weighted by Crippen LogP contribution is -2.33. The van der Waals surface area contributed by atoms with Crippen LogP contribution in [0.15, 0.2) is 28.8 Å². The molecule has 0 amide bonds. The highest BCUT2D eigenvalue weighted by Crippen LogP contribution is 2.24. The topological polar surface area (TPSA) is 69.2 Å². The SMILES string of the molecule is CCCc1noc([C@@H](C)N2CCCN(c3ccccc3C#N)CC2)n1. The summed E-state index contributed by atoms with van der Waals surface area (Å²) in [5.41, 5.74) is 1.77. The summed E-state index contributed by atoms with van der Waals surface area (Å²) < 4.78 is 5.46. The van der Waals surface area contributed by atoms with E-state index in [1.165, 1.54) is 0 Å². The summed E-state index contributed by atoms with van der Waals surface area (Å²) in [5.74, 6) is 1.50. The van der Waals surface area contributed by atoms with Gasteiger partial charge < -0.3 is 9.42 Å². The Morgan fingerprint density at radius 1 is 1.24 bits per heavy atom. The lowest BCUT2D eigenvalue weighted by atomic mass is 10.1. The minimum Gasteiger partial charge on any atom is -0.369 e. The van der Waals surface area contributed by atoms with Crippen LogP contribution >= 0.6 is 0 Å². The maximum atomic E-state index is 9.34. The molecule has 1 aromatic carbocycles. The van der Waals surface area contributed by atoms with Crippen molar-refractivity contribution in [3.8, 4) is 6.07 Å². The number of hydrogen-bond acceptors (Lipinski definition) is 6. The van der Waals surface area contributed by atoms with Gasteiger partial charge in [-0.15, -0.1) is 0 Å². The predicted octanol–water partition coefficient (Wildman–Crippen LogP) is 3.17. The van der Waals surface area contributed by atoms with Crippen LogP contribution in [0.1, 0.15) is 50.0 Å². The molecule has 1 atom stereocenters. The van der Waals surface area contributed by atoms with Gasteiger partial charge in [-0.2, -0.15) is 10.2 Å². The van der Waals surface area contributed by atoms with Gasteiger partial charge >= 0.3 is 0 Å². The number of nitrogens with zero attached hydrogens (tertiary/aromatic N) is 5. The average Bonchev–Trinajstić information content (AvgIpc) is 2.97. The molecule has 6 heteroatoms. The number of para-hydroxylation sites is 1. The summed E-state index contributed by atoms with van der Waals surface area (Å²) >= 11 is 0. The zero-order valence-corrected chi connectivity index (χ0v) is 15.0. The third kappa shape index (κ3) is 3.99. The maximum Gasteiger partial charge on any atom is 0.243 e. The highest BCUT2D eigenvalue weighted by molar-refractivity contribution is 5.59. The second-order valence-electron chi connectivity index (χ2n) is 6.48. The van der Waals surface area contributed by atoms with Crippen molar-refractivity contribution in [1.82, 2.24) is 15.0 Å². The Bertz CT molecular complexity index is 735. The van der Waals surface area contributed by atoms with E-state index in [0.717, 1.165) is 62.5 Å². The quantitative estimate of drug-likeness (QED) is 0.833. The highest BCUT2D eigenvalue weighted by Gasteiger charge is 2.25. The molecule has 0 unspecified atom stereocenters. The molecule has 1 aliphatic heterocycles. The monoisotopic (exact) mass is 339 g/mol. The average molecular weight is 339 g/mol. The van der Waals surface area contributed by atoms with Gasteiger partial charge in [0, 0.05) is 32.6 Å². The zero-order chi connectivity index (χ0) is 17.6. The molecule has 0 spiro atoms. The van der Waals surface area contributed by atoms with Crippen molar-refractivity contribution in [2.75, 3.05) is 31.1 Å². The number of anilines is 1. The standard InChI is InChI=1S/C19H25N5O/c1-3-7-18-21-19(25-22-18)15(2)23-10-6-11-24(13-12-23)17-9-5-4-8-16(17)14-20/h4-5,8-9,15H,3,6-7,10-13H2,1-2H3/t15-/m1/s1. The molecule has 2 heterocycles. The number of hydrogen-bond donors (Lipinski definition) is 0. The van der Waals surface area contributed by atoms with Crippen LogP contribution in [0.4, 0.5) is 5.69 Å². The Hall–Kier alpha value is -2.39. The van der Waals surface area contributed by atoms with E-state index in [1.54, 1.807) is 0 Å². The molecule has 132 valence electrons. The van der Waals surface area contributed by atoms with Gasteiger partial charge in [0.15, 0.2) is 5.82 Å². The first-order valence-electron chi connectivity index (χ1n) is 9.03. The van der Waals surface area contributed by atoms with Crippen LogP contribution in [0, 0.1) is 11.3 Å². The van der Waals surface area contributed by atoms with E-state index in [1.807, 2.05) is 24.3 Å². The molecule has 0 radical (unpaired) electrons. The fourth-order valence-corrected chi connectivity index (χ4v) is 3.33. The van der Waals surface area contributed by atoms with Crippen molar-refractivity contribution in [2.24, 2.45) is 0 Å². The van der Waals surface area contributed by atoms with Crippen LogP contribution in [-0.2, 0) is 6.42 Å². The predicted molar refractivity (Wildman–Crippen MR) is 96.3 cm³/mol. The van der Waals surface area contributed by atoms with Crippen LogP contribution < -0.4 is 4.90 Å². The number of aromatic nitrogens is 2. The van der Waals surface area contributed by atoms with E-state index in [4.69, 9.17) is 4.52 Å². The normalized spacial score (nSPS) is 17.1. The molecule has 1 aromatic heterocycles. The Labute approximate surface area is 149 Å². The summed E-state index contributed by atoms with van der Waals surface area (Å²) in [5, 5.41) is 13.4. The van der Waals surface area contributed by atoms with Crippen LogP contribution in [-0.4, -0.2) is 41.2 Å². The molecular weight excluding hydrogens is 314 g/mol. The van der Waals surface area contributed by atoms with Gasteiger partial charge in [0.1, 0.15) is 6.07 Å². The molecule has 1 saturated heterocycles. The fraction of sp³-hybridized carbons (Fsp3) is 0.526. The van der Waals surface area contributed by atoms with Crippen molar-refractivity contribution >= 4 is 5.69 Å². The van der Waals surface area contributed by atoms with Crippen LogP contribution in [0.3, 0.4) is 0 Å². The van der Waals surface area contributed by atoms with Crippen molar-refractivity contribution in [3.05, 3.63) is 41.5 Å². The number of nitriles is 1. The van der Waals surface area contributed by atoms with Gasteiger partial charge in [-0.3, -0.25) is 4.90 Å². The largest absolute Gasteiger partial charge is 0.369 e. The Morgan fingerprint density at radius 2 is 2.08 bits per heavy atom. The molecule has 0 saturated carbocycles. The van der Waals surface area contributed by atoms with Crippen LogP contribution in [0.25, 0.3) is 0 Å². The first-order valence-corrected chi connectivity index (χ1v) is 9.03. The van der Waals surface area contributed by atoms with Gasteiger partial charge in [-0.05, 0) is 31.9 Å². The Morgan fingerprint density at radius 3 is 2.88 bits per heavy atom. The minimum atomic E-state index is 0.115. The number of rotatable bonds is 5. The van der Waals surface area contributed by atoms with Crippen LogP contribution in [0.2, 0.25) is 0 Å². The van der Waals surface area contributed by atoms with Crippen molar-refractivity contribution < 1.29 is 4.52 Å². The zero-order valence-electron chi connectivity index (χ0n) is 15.0. The Kier molecular flexibility index (Phi) is 5.67. The van der Waals surface area contributed by atoms with Gasteiger partial charge in [-0.25, -0.2) is 0 Å². The van der Waals surface area contributed by atoms with E-state index in [0.29, 0.717) is 5.89 Å². The minimum absolute atomic E-state index is 0.115. The van der Waals surface area contributed by atoms with Crippen molar-refractivity contribution in [1.29, 1.82) is 5.26 Å². The van der Waals surface area contributed by atoms with Gasteiger partial charge in [0.25, 0.3) is 0 Å². The molecule has 6 nitrogen and oxygen atoms in total. The summed E-state index contributed by atoms with van der Waals surface area (Å²) in [7, 11) is 0. The molecule has 25 heavy (non-hydrogen) atoms. The molecule has 2 aromatic rings. The molecule has 0 aliphatic carbocycles. The van der Waals surface area contributed by atoms with Crippen molar-refractivity contribution in [2.45, 2.75) is 39.2 Å². The lowest BCUT2D eigenvalue weighted by molar-refractivity contribution is 0.184. The number of aryl methyl sites for hydroxylation is 1. The molecule has 0 N–H and O–H groups in total. The molecular formula is C19H25N5O. The van der Waals surface area contributed by atoms with Gasteiger partial charge in [0.2, 0.25) is 5.89 Å². The second kappa shape index (κ2) is 8.13. The molecule has 0 bridgehead atoms. The van der Waals surface area contributed by atoms with E-state index in [9.17, 15) is 5.26 Å². The molecule has 3 rings (SSSR count). The molecule has 1 aliphatic rings. The summed E-state index contributed by atoms with van der Waals surface area (Å²) in [4.78, 5) is 9.23. The first kappa shape index (κ1) is 17.4. The highest BCUT2D eigenvalue weighted by atomic mass is 16.5. The Balaban J connectivity index is 1.67. The smallest absolute Gasteiger partial charge is 0.243 e. The van der Waals surface area contributed by atoms with Crippen LogP contribution in [0.5, 0.6) is 0 Å². The van der Waals surface area contributed by atoms with Crippen molar-refractivity contribution in [3.63, 3.8) is 0 Å². The second-order valence-corrected chi connectivity index (χ2v) is 6.48. The third-order valence-electron chi connectivity index (χ3n) is 4.76. The van der Waals surface area contributed by atoms with E-state index >= 15 is 0 Å². The maximum absolute atomic E-state index is 9.34.